The molecule has 2 aromatic carbocycles. The topological polar surface area (TPSA) is 66.8 Å². The van der Waals surface area contributed by atoms with Crippen molar-refractivity contribution in [3.63, 3.8) is 0 Å². The summed E-state index contributed by atoms with van der Waals surface area (Å²) in [6, 6.07) is 13.7. The van der Waals surface area contributed by atoms with E-state index in [9.17, 15) is 9.90 Å². The molecule has 122 valence electrons. The van der Waals surface area contributed by atoms with Gasteiger partial charge in [0.15, 0.2) is 6.10 Å². The van der Waals surface area contributed by atoms with Crippen molar-refractivity contribution in [2.75, 3.05) is 0 Å². The molecular formula is C19H22O4. The summed E-state index contributed by atoms with van der Waals surface area (Å²) in [6.45, 7) is 4.46. The average molecular weight is 314 g/mol. The van der Waals surface area contributed by atoms with E-state index in [1.165, 1.54) is 0 Å². The number of aliphatic hydroxyl groups excluding tert-OH is 1. The van der Waals surface area contributed by atoms with Crippen molar-refractivity contribution >= 4 is 5.97 Å². The third-order valence-corrected chi connectivity index (χ3v) is 3.73. The Morgan fingerprint density at radius 3 is 2.48 bits per heavy atom. The summed E-state index contributed by atoms with van der Waals surface area (Å²) in [5.41, 5.74) is 3.88. The number of carboxylic acid groups (broad SMARTS) is 1. The van der Waals surface area contributed by atoms with E-state index in [-0.39, 0.29) is 6.42 Å². The fourth-order valence-corrected chi connectivity index (χ4v) is 2.56. The number of carboxylic acids is 1. The zero-order chi connectivity index (χ0) is 16.8. The molecule has 0 bridgehead atoms. The van der Waals surface area contributed by atoms with E-state index in [2.05, 4.69) is 0 Å². The van der Waals surface area contributed by atoms with E-state index in [1.54, 1.807) is 0 Å². The van der Waals surface area contributed by atoms with Crippen LogP contribution >= 0.6 is 0 Å². The van der Waals surface area contributed by atoms with Crippen LogP contribution in [0.2, 0.25) is 0 Å². The van der Waals surface area contributed by atoms with Crippen molar-refractivity contribution in [3.8, 4) is 5.75 Å². The number of hydrogen-bond acceptors (Lipinski definition) is 3. The van der Waals surface area contributed by atoms with E-state index in [1.807, 2.05) is 56.3 Å². The summed E-state index contributed by atoms with van der Waals surface area (Å²) < 4.78 is 5.97. The van der Waals surface area contributed by atoms with Crippen LogP contribution in [0.4, 0.5) is 0 Å². The van der Waals surface area contributed by atoms with E-state index in [0.29, 0.717) is 6.61 Å². The molecule has 0 saturated heterocycles. The summed E-state index contributed by atoms with van der Waals surface area (Å²) in [7, 11) is 0. The zero-order valence-electron chi connectivity index (χ0n) is 13.5. The number of benzene rings is 2. The fraction of sp³-hybridized carbons (Fsp3) is 0.316. The first-order valence-corrected chi connectivity index (χ1v) is 7.71. The SMILES string of the molecule is CCc1cc(CC(O)C(=O)O)cc(C)c1OCc1ccccc1. The first-order chi connectivity index (χ1) is 11.0. The van der Waals surface area contributed by atoms with Crippen LogP contribution in [0.25, 0.3) is 0 Å². The second-order valence-electron chi connectivity index (χ2n) is 5.59. The van der Waals surface area contributed by atoms with Crippen LogP contribution in [0, 0.1) is 6.92 Å². The Morgan fingerprint density at radius 2 is 1.87 bits per heavy atom. The molecule has 2 N–H and O–H groups in total. The lowest BCUT2D eigenvalue weighted by atomic mass is 9.99. The van der Waals surface area contributed by atoms with Crippen molar-refractivity contribution in [2.45, 2.75) is 39.4 Å². The lowest BCUT2D eigenvalue weighted by Crippen LogP contribution is -2.22. The minimum absolute atomic E-state index is 0.0993. The molecular weight excluding hydrogens is 292 g/mol. The van der Waals surface area contributed by atoms with Crippen molar-refractivity contribution in [1.29, 1.82) is 0 Å². The fourth-order valence-electron chi connectivity index (χ4n) is 2.56. The Balaban J connectivity index is 2.18. The van der Waals surface area contributed by atoms with Crippen LogP contribution in [0.15, 0.2) is 42.5 Å². The van der Waals surface area contributed by atoms with Gasteiger partial charge in [0.1, 0.15) is 12.4 Å². The highest BCUT2D eigenvalue weighted by atomic mass is 16.5. The third kappa shape index (κ3) is 4.57. The monoisotopic (exact) mass is 314 g/mol. The minimum atomic E-state index is -1.38. The zero-order valence-corrected chi connectivity index (χ0v) is 13.5. The average Bonchev–Trinajstić information content (AvgIpc) is 2.54. The number of aliphatic carboxylic acids is 1. The Bertz CT molecular complexity index is 665. The summed E-state index contributed by atoms with van der Waals surface area (Å²) in [5, 5.41) is 18.4. The summed E-state index contributed by atoms with van der Waals surface area (Å²) in [5.74, 6) is -0.366. The maximum Gasteiger partial charge on any atom is 0.332 e. The molecule has 0 fully saturated rings. The van der Waals surface area contributed by atoms with E-state index in [4.69, 9.17) is 9.84 Å². The van der Waals surface area contributed by atoms with Gasteiger partial charge in [-0.1, -0.05) is 49.4 Å². The van der Waals surface area contributed by atoms with Gasteiger partial charge in [0.25, 0.3) is 0 Å². The molecule has 0 amide bonds. The molecule has 0 aliphatic rings. The van der Waals surface area contributed by atoms with Gasteiger partial charge in [-0.3, -0.25) is 0 Å². The van der Waals surface area contributed by atoms with Gasteiger partial charge in [-0.25, -0.2) is 4.79 Å². The summed E-state index contributed by atoms with van der Waals surface area (Å²) in [6.07, 6.45) is -0.500. The summed E-state index contributed by atoms with van der Waals surface area (Å²) in [4.78, 5) is 10.8. The molecule has 0 aliphatic carbocycles. The smallest absolute Gasteiger partial charge is 0.332 e. The molecule has 4 heteroatoms. The van der Waals surface area contributed by atoms with Crippen LogP contribution in [-0.4, -0.2) is 22.3 Å². The van der Waals surface area contributed by atoms with Crippen molar-refractivity contribution < 1.29 is 19.7 Å². The van der Waals surface area contributed by atoms with E-state index in [0.717, 1.165) is 34.4 Å². The Kier molecular flexibility index (Phi) is 5.77. The molecule has 0 aliphatic heterocycles. The third-order valence-electron chi connectivity index (χ3n) is 3.73. The van der Waals surface area contributed by atoms with Crippen molar-refractivity contribution in [1.82, 2.24) is 0 Å². The number of aliphatic hydroxyl groups is 1. The highest BCUT2D eigenvalue weighted by Crippen LogP contribution is 2.27. The maximum absolute atomic E-state index is 10.8. The predicted molar refractivity (Wildman–Crippen MR) is 88.7 cm³/mol. The van der Waals surface area contributed by atoms with Crippen molar-refractivity contribution in [2.24, 2.45) is 0 Å². The highest BCUT2D eigenvalue weighted by Gasteiger charge is 2.16. The number of ether oxygens (including phenoxy) is 1. The largest absolute Gasteiger partial charge is 0.488 e. The standard InChI is InChI=1S/C19H22O4/c1-3-16-10-15(11-17(20)19(21)22)9-13(2)18(16)23-12-14-7-5-4-6-8-14/h4-10,17,20H,3,11-12H2,1-2H3,(H,21,22). The number of carbonyl (C=O) groups is 1. The van der Waals surface area contributed by atoms with Crippen LogP contribution in [0.3, 0.4) is 0 Å². The first-order valence-electron chi connectivity index (χ1n) is 7.71. The van der Waals surface area contributed by atoms with Crippen LogP contribution in [0.1, 0.15) is 29.2 Å². The molecule has 0 aromatic heterocycles. The molecule has 1 atom stereocenters. The second-order valence-corrected chi connectivity index (χ2v) is 5.59. The van der Waals surface area contributed by atoms with Gasteiger partial charge in [0.2, 0.25) is 0 Å². The first kappa shape index (κ1) is 17.0. The molecule has 2 aromatic rings. The van der Waals surface area contributed by atoms with Crippen LogP contribution in [0.5, 0.6) is 5.75 Å². The Hall–Kier alpha value is -2.33. The number of rotatable bonds is 7. The second kappa shape index (κ2) is 7.79. The van der Waals surface area contributed by atoms with Gasteiger partial charge in [0.05, 0.1) is 0 Å². The Labute approximate surface area is 136 Å². The maximum atomic E-state index is 10.8. The van der Waals surface area contributed by atoms with E-state index >= 15 is 0 Å². The molecule has 0 heterocycles. The Morgan fingerprint density at radius 1 is 1.17 bits per heavy atom. The van der Waals surface area contributed by atoms with Crippen molar-refractivity contribution in [3.05, 3.63) is 64.7 Å². The van der Waals surface area contributed by atoms with Gasteiger partial charge in [-0.05, 0) is 35.6 Å². The molecule has 0 spiro atoms. The lowest BCUT2D eigenvalue weighted by molar-refractivity contribution is -0.146. The molecule has 0 saturated carbocycles. The normalized spacial score (nSPS) is 12.0. The quantitative estimate of drug-likeness (QED) is 0.824. The minimum Gasteiger partial charge on any atom is -0.488 e. The van der Waals surface area contributed by atoms with Crippen LogP contribution < -0.4 is 4.74 Å². The molecule has 4 nitrogen and oxygen atoms in total. The van der Waals surface area contributed by atoms with Crippen LogP contribution in [-0.2, 0) is 24.2 Å². The van der Waals surface area contributed by atoms with Gasteiger partial charge < -0.3 is 14.9 Å². The molecule has 0 radical (unpaired) electrons. The van der Waals surface area contributed by atoms with Gasteiger partial charge in [-0.2, -0.15) is 0 Å². The lowest BCUT2D eigenvalue weighted by Gasteiger charge is -2.16. The predicted octanol–water partition coefficient (Wildman–Crippen LogP) is 3.12. The summed E-state index contributed by atoms with van der Waals surface area (Å²) >= 11 is 0. The molecule has 23 heavy (non-hydrogen) atoms. The highest BCUT2D eigenvalue weighted by molar-refractivity contribution is 5.72. The molecule has 1 unspecified atom stereocenters. The van der Waals surface area contributed by atoms with Gasteiger partial charge in [-0.15, -0.1) is 0 Å². The van der Waals surface area contributed by atoms with Gasteiger partial charge >= 0.3 is 5.97 Å². The molecule has 2 rings (SSSR count). The van der Waals surface area contributed by atoms with E-state index < -0.39 is 12.1 Å². The number of hydrogen-bond donors (Lipinski definition) is 2. The number of aryl methyl sites for hydroxylation is 2. The van der Waals surface area contributed by atoms with Gasteiger partial charge in [0, 0.05) is 6.42 Å².